The van der Waals surface area contributed by atoms with Crippen molar-refractivity contribution in [3.05, 3.63) is 364 Å². The minimum Gasteiger partial charge on any atom is -0.489 e. The Morgan fingerprint density at radius 2 is 0.728 bits per heavy atom. The van der Waals surface area contributed by atoms with E-state index in [2.05, 4.69) is 174 Å². The summed E-state index contributed by atoms with van der Waals surface area (Å²) < 4.78 is 46.3. The minimum atomic E-state index is -0.393. The van der Waals surface area contributed by atoms with Gasteiger partial charge < -0.3 is 42.3 Å². The highest BCUT2D eigenvalue weighted by Gasteiger charge is 2.26. The van der Waals surface area contributed by atoms with Crippen LogP contribution >= 0.6 is 0 Å². The number of ether oxygens (including phenoxy) is 3. The third-order valence-corrected chi connectivity index (χ3v) is 25.6. The average molecular weight is 1670 g/mol. The first-order valence-corrected chi connectivity index (χ1v) is 43.7. The summed E-state index contributed by atoms with van der Waals surface area (Å²) in [6.07, 6.45) is 24.9. The zero-order chi connectivity index (χ0) is 85.6. The molecule has 0 saturated heterocycles. The van der Waals surface area contributed by atoms with E-state index in [1.54, 1.807) is 67.2 Å². The third-order valence-electron chi connectivity index (χ3n) is 25.6. The number of rotatable bonds is 15. The number of fused-ring (bicyclic) bond motifs is 12. The number of nitrogens with zero attached hydrogens (tertiary/aromatic N) is 11. The molecule has 20 rings (SSSR count). The summed E-state index contributed by atoms with van der Waals surface area (Å²) in [6, 6.07) is 70.9. The van der Waals surface area contributed by atoms with Crippen molar-refractivity contribution in [2.24, 2.45) is 28.2 Å². The van der Waals surface area contributed by atoms with E-state index in [4.69, 9.17) is 14.2 Å². The molecule has 7 aromatic carbocycles. The monoisotopic (exact) mass is 1670 g/mol. The first-order chi connectivity index (χ1) is 60.3. The summed E-state index contributed by atoms with van der Waals surface area (Å²) >= 11 is 0. The normalized spacial score (nSPS) is 14.0. The van der Waals surface area contributed by atoms with Gasteiger partial charge in [0.1, 0.15) is 42.9 Å². The molecule has 4 aliphatic rings. The molecule has 16 aromatic rings. The molecule has 0 amide bonds. The van der Waals surface area contributed by atoms with E-state index >= 15 is 0 Å². The molecule has 9 aromatic heterocycles. The van der Waals surface area contributed by atoms with Crippen molar-refractivity contribution >= 4 is 43.6 Å². The second-order valence-electron chi connectivity index (χ2n) is 33.8. The van der Waals surface area contributed by atoms with Crippen molar-refractivity contribution in [1.82, 2.24) is 51.3 Å². The van der Waals surface area contributed by atoms with Crippen molar-refractivity contribution in [2.75, 3.05) is 33.2 Å². The van der Waals surface area contributed by atoms with Gasteiger partial charge in [0.15, 0.2) is 0 Å². The molecule has 0 saturated carbocycles. The fourth-order valence-electron chi connectivity index (χ4n) is 18.6. The Morgan fingerprint density at radius 1 is 0.360 bits per heavy atom. The number of hydrogen-bond acceptors (Lipinski definition) is 10. The molecular weight excluding hydrogens is 1560 g/mol. The number of pyridine rings is 5. The average Bonchev–Trinajstić information content (AvgIpc) is 1.63. The van der Waals surface area contributed by atoms with Crippen LogP contribution in [0, 0.1) is 12.7 Å². The Morgan fingerprint density at radius 3 is 1.14 bits per heavy atom. The highest BCUT2D eigenvalue weighted by atomic mass is 19.1. The van der Waals surface area contributed by atoms with Crippen LogP contribution < -0.4 is 36.4 Å². The van der Waals surface area contributed by atoms with Crippen molar-refractivity contribution in [1.29, 1.82) is 0 Å². The molecule has 0 atom stereocenters. The molecular formula is C106H112FN11O7. The number of hydrogen-bond donors (Lipinski definition) is 0. The highest BCUT2D eigenvalue weighted by molar-refractivity contribution is 5.90. The molecule has 125 heavy (non-hydrogen) atoms. The number of likely N-dealkylation sites (N-methyl/N-ethyl adjacent to an activating group) is 1. The lowest BCUT2D eigenvalue weighted by Gasteiger charge is -2.24. The summed E-state index contributed by atoms with van der Waals surface area (Å²) in [6.45, 7) is 11.9. The smallest absolute Gasteiger partial charge is 0.258 e. The fourth-order valence-corrected chi connectivity index (χ4v) is 18.6. The van der Waals surface area contributed by atoms with Crippen LogP contribution in [0.25, 0.3) is 77.5 Å². The molecule has 640 valence electrons. The van der Waals surface area contributed by atoms with E-state index in [1.807, 2.05) is 97.2 Å². The minimum absolute atomic E-state index is 0. The van der Waals surface area contributed by atoms with Crippen molar-refractivity contribution in [3.63, 3.8) is 0 Å². The first-order valence-electron chi connectivity index (χ1n) is 43.7. The SMILES string of the molecule is C.CC(C)N1CCc2c(n(C)c3cc(-n4ccc(OCc5ccc(F)cn5)cc4=O)ccc23)CC1.CN1CCc2c(n(C)c3cc(-n4ccc(OCc5ccccc5)cc4=O)ccc23)CC1.Cc1ccc(-c2ccn(-c3ccc4c5c(n(C)c4c3)CCCCC5)c(=O)c2)cc1.Cn1c2c(c3ccc(-n4ccc(OCc5ccccc5)cc4=O)cc31)CCCCC2. The summed E-state index contributed by atoms with van der Waals surface area (Å²) in [7, 11) is 10.8. The Hall–Kier alpha value is -13.1. The zero-order valence-electron chi connectivity index (χ0n) is 72.3. The Balaban J connectivity index is 0.000000123. The van der Waals surface area contributed by atoms with Crippen molar-refractivity contribution < 1.29 is 18.6 Å². The standard InChI is InChI=1S/C27H29FN4O2.C26H27N3O2.C26H26N2O2.C26H26N2O.CH4/c1-18(2)31-11-9-24-23-7-6-21(14-26(23)30(3)25(24)10-12-31)32-13-8-22(15-27(32)33)34-17-20-5-4-19(28)16-29-20;1-27-13-11-23-22-9-8-20(16-25(22)28(2)24(23)12-14-27)29-15-10-21(17-26(29)30)31-18-19-6-4-3-5-7-19;1-27-24-11-7-3-6-10-22(24)23-13-12-20(16-25(23)27)28-15-14-21(17-26(28)29)30-18-19-8-4-2-5-9-19;1-18-8-10-19(11-9-18)20-14-15-28(26(29)16-20)21-12-13-23-22-6-4-3-5-7-24(22)27(2)25(23)17-21;/h4-8,13-16,18H,9-12,17H2,1-3H3;3-10,15-17H,11-14,18H2,1-2H3;2,4-5,8-9,12-17H,3,6-7,10-11,18H2,1H3;8-17H,3-7H2,1-2H3;1H4. The Bertz CT molecular complexity index is 6820. The molecule has 18 nitrogen and oxygen atoms in total. The maximum Gasteiger partial charge on any atom is 0.258 e. The third kappa shape index (κ3) is 18.6. The van der Waals surface area contributed by atoms with Gasteiger partial charge in [-0.2, -0.15) is 0 Å². The largest absolute Gasteiger partial charge is 0.489 e. The highest BCUT2D eigenvalue weighted by Crippen LogP contribution is 2.37. The summed E-state index contributed by atoms with van der Waals surface area (Å²) in [5.41, 5.74) is 25.5. The van der Waals surface area contributed by atoms with E-state index in [-0.39, 0.29) is 36.3 Å². The molecule has 0 fully saturated rings. The maximum absolute atomic E-state index is 13.0. The first kappa shape index (κ1) is 85.5. The van der Waals surface area contributed by atoms with Crippen molar-refractivity contribution in [2.45, 2.75) is 144 Å². The van der Waals surface area contributed by atoms with Crippen LogP contribution in [0.15, 0.2) is 269 Å². The lowest BCUT2D eigenvalue weighted by molar-refractivity contribution is 0.232. The van der Waals surface area contributed by atoms with Gasteiger partial charge >= 0.3 is 0 Å². The van der Waals surface area contributed by atoms with Gasteiger partial charge in [-0.25, -0.2) is 4.39 Å². The second kappa shape index (κ2) is 37.9. The van der Waals surface area contributed by atoms with Crippen LogP contribution in [0.2, 0.25) is 0 Å². The lowest BCUT2D eigenvalue weighted by atomic mass is 10.1. The quantitative estimate of drug-likeness (QED) is 0.0906. The lowest BCUT2D eigenvalue weighted by Crippen LogP contribution is -2.33. The van der Waals surface area contributed by atoms with Gasteiger partial charge in [-0.15, -0.1) is 0 Å². The van der Waals surface area contributed by atoms with Crippen LogP contribution in [-0.2, 0) is 99.4 Å². The van der Waals surface area contributed by atoms with Gasteiger partial charge in [-0.3, -0.25) is 42.4 Å². The van der Waals surface area contributed by atoms with Crippen LogP contribution in [0.1, 0.15) is 127 Å². The number of aromatic nitrogens is 9. The van der Waals surface area contributed by atoms with E-state index in [9.17, 15) is 23.6 Å². The Labute approximate surface area is 729 Å². The van der Waals surface area contributed by atoms with Gasteiger partial charge in [0.05, 0.1) is 56.7 Å². The number of benzene rings is 7. The zero-order valence-corrected chi connectivity index (χ0v) is 72.3. The van der Waals surface area contributed by atoms with Crippen LogP contribution in [-0.4, -0.2) is 90.6 Å². The van der Waals surface area contributed by atoms with Gasteiger partial charge in [0.25, 0.3) is 22.2 Å². The summed E-state index contributed by atoms with van der Waals surface area (Å²) in [5, 5.41) is 5.24. The predicted octanol–water partition coefficient (Wildman–Crippen LogP) is 19.6. The fraction of sp³-hybridized carbons (Fsp3) is 0.292. The van der Waals surface area contributed by atoms with E-state index < -0.39 is 5.82 Å². The Kier molecular flexibility index (Phi) is 25.9. The van der Waals surface area contributed by atoms with Gasteiger partial charge in [0, 0.05) is 167 Å². The van der Waals surface area contributed by atoms with Crippen LogP contribution in [0.4, 0.5) is 4.39 Å². The summed E-state index contributed by atoms with van der Waals surface area (Å²) in [4.78, 5) is 60.3. The van der Waals surface area contributed by atoms with Gasteiger partial charge in [-0.05, 0) is 221 Å². The molecule has 0 N–H and O–H groups in total. The molecule has 19 heteroatoms. The number of aryl methyl sites for hydroxylation is 7. The van der Waals surface area contributed by atoms with Crippen LogP contribution in [0.3, 0.4) is 0 Å². The van der Waals surface area contributed by atoms with Gasteiger partial charge in [0.2, 0.25) is 0 Å². The van der Waals surface area contributed by atoms with Crippen molar-refractivity contribution in [3.8, 4) is 51.1 Å². The molecule has 2 aliphatic carbocycles. The summed E-state index contributed by atoms with van der Waals surface area (Å²) in [5.74, 6) is 1.23. The predicted molar refractivity (Wildman–Crippen MR) is 503 cm³/mol. The second-order valence-corrected chi connectivity index (χ2v) is 33.8. The molecule has 0 radical (unpaired) electrons. The molecule has 0 unspecified atom stereocenters. The molecule has 0 bridgehead atoms. The number of halogens is 1. The van der Waals surface area contributed by atoms with E-state index in [0.29, 0.717) is 42.2 Å². The maximum atomic E-state index is 13.0. The molecule has 11 heterocycles. The van der Waals surface area contributed by atoms with Crippen LogP contribution in [0.5, 0.6) is 17.2 Å². The van der Waals surface area contributed by atoms with Gasteiger partial charge in [-0.1, -0.05) is 135 Å². The van der Waals surface area contributed by atoms with E-state index in [1.165, 1.54) is 139 Å². The van der Waals surface area contributed by atoms with E-state index in [0.717, 1.165) is 134 Å². The molecule has 0 spiro atoms. The topological polar surface area (TPSA) is 155 Å². The molecule has 2 aliphatic heterocycles.